The molecule has 6 nitrogen and oxygen atoms in total. The van der Waals surface area contributed by atoms with Gasteiger partial charge in [-0.05, 0) is 32.1 Å². The number of nitrogens with one attached hydrogen (secondary N) is 1. The third-order valence-corrected chi connectivity index (χ3v) is 5.49. The van der Waals surface area contributed by atoms with Gasteiger partial charge in [-0.3, -0.25) is 4.79 Å². The van der Waals surface area contributed by atoms with E-state index in [0.717, 1.165) is 26.1 Å². The number of hydrogen-bond donors (Lipinski definition) is 1. The molecule has 0 bridgehead atoms. The number of pyridine rings is 1. The molecule has 0 saturated carbocycles. The van der Waals surface area contributed by atoms with Gasteiger partial charge < -0.3 is 9.88 Å². The summed E-state index contributed by atoms with van der Waals surface area (Å²) >= 11 is 0. The van der Waals surface area contributed by atoms with Gasteiger partial charge in [0.05, 0.1) is 4.90 Å². The van der Waals surface area contributed by atoms with Crippen molar-refractivity contribution in [2.45, 2.75) is 32.1 Å². The van der Waals surface area contributed by atoms with Gasteiger partial charge in [0.25, 0.3) is 0 Å². The number of nitrogens with zero attached hydrogens (tertiary/aromatic N) is 2. The standard InChI is InChI=1S/C14H25N3O3S/c1-4-16(5-2)10-7-11-17(6-3)21(19,20)13-8-9-14(18)15-12-13/h8-9,12H,4-7,10-11H2,1-3H3,(H,15,18). The molecular weight excluding hydrogens is 290 g/mol. The zero-order valence-corrected chi connectivity index (χ0v) is 13.8. The van der Waals surface area contributed by atoms with Gasteiger partial charge in [0.1, 0.15) is 0 Å². The van der Waals surface area contributed by atoms with Gasteiger partial charge in [-0.2, -0.15) is 4.31 Å². The molecule has 0 fully saturated rings. The van der Waals surface area contributed by atoms with Gasteiger partial charge >= 0.3 is 0 Å². The summed E-state index contributed by atoms with van der Waals surface area (Å²) in [4.78, 5) is 15.8. The second kappa shape index (κ2) is 8.31. The lowest BCUT2D eigenvalue weighted by molar-refractivity contribution is 0.285. The van der Waals surface area contributed by atoms with Crippen molar-refractivity contribution in [3.8, 4) is 0 Å². The van der Waals surface area contributed by atoms with Crippen molar-refractivity contribution in [2.75, 3.05) is 32.7 Å². The lowest BCUT2D eigenvalue weighted by Gasteiger charge is -2.23. The first kappa shape index (κ1) is 17.9. The van der Waals surface area contributed by atoms with Gasteiger partial charge in [0.2, 0.25) is 15.6 Å². The fraction of sp³-hybridized carbons (Fsp3) is 0.643. The Kier molecular flexibility index (Phi) is 7.07. The minimum Gasteiger partial charge on any atom is -0.328 e. The van der Waals surface area contributed by atoms with E-state index in [0.29, 0.717) is 13.1 Å². The Bertz CT molecular complexity index is 559. The lowest BCUT2D eigenvalue weighted by atomic mass is 10.3. The van der Waals surface area contributed by atoms with Crippen molar-refractivity contribution in [3.63, 3.8) is 0 Å². The summed E-state index contributed by atoms with van der Waals surface area (Å²) in [6.07, 6.45) is 2.04. The molecule has 1 rings (SSSR count). The maximum absolute atomic E-state index is 12.5. The van der Waals surface area contributed by atoms with E-state index in [2.05, 4.69) is 23.7 Å². The van der Waals surface area contributed by atoms with Crippen LogP contribution < -0.4 is 5.56 Å². The molecule has 7 heteroatoms. The Morgan fingerprint density at radius 1 is 1.05 bits per heavy atom. The highest BCUT2D eigenvalue weighted by molar-refractivity contribution is 7.89. The smallest absolute Gasteiger partial charge is 0.247 e. The van der Waals surface area contributed by atoms with Crippen LogP contribution in [0.5, 0.6) is 0 Å². The topological polar surface area (TPSA) is 73.5 Å². The van der Waals surface area contributed by atoms with Crippen LogP contribution in [0, 0.1) is 0 Å². The molecule has 0 unspecified atom stereocenters. The van der Waals surface area contributed by atoms with E-state index >= 15 is 0 Å². The maximum Gasteiger partial charge on any atom is 0.247 e. The van der Waals surface area contributed by atoms with Crippen LogP contribution in [0.2, 0.25) is 0 Å². The first-order valence-corrected chi connectivity index (χ1v) is 8.80. The predicted octanol–water partition coefficient (Wildman–Crippen LogP) is 1.12. The van der Waals surface area contributed by atoms with Gasteiger partial charge in [-0.1, -0.05) is 20.8 Å². The Balaban J connectivity index is 2.74. The second-order valence-electron chi connectivity index (χ2n) is 4.77. The van der Waals surface area contributed by atoms with Crippen LogP contribution in [0.1, 0.15) is 27.2 Å². The monoisotopic (exact) mass is 315 g/mol. The summed E-state index contributed by atoms with van der Waals surface area (Å²) < 4.78 is 26.4. The van der Waals surface area contributed by atoms with Gasteiger partial charge in [-0.25, -0.2) is 8.42 Å². The molecule has 21 heavy (non-hydrogen) atoms. The largest absolute Gasteiger partial charge is 0.328 e. The molecule has 0 atom stereocenters. The van der Waals surface area contributed by atoms with Crippen LogP contribution in [-0.2, 0) is 10.0 Å². The molecule has 1 N–H and O–H groups in total. The maximum atomic E-state index is 12.5. The number of rotatable bonds is 9. The van der Waals surface area contributed by atoms with Crippen LogP contribution in [0.4, 0.5) is 0 Å². The van der Waals surface area contributed by atoms with Crippen LogP contribution in [0.3, 0.4) is 0 Å². The summed E-state index contributed by atoms with van der Waals surface area (Å²) in [7, 11) is -3.53. The van der Waals surface area contributed by atoms with E-state index in [1.54, 1.807) is 0 Å². The van der Waals surface area contributed by atoms with Crippen molar-refractivity contribution in [1.82, 2.24) is 14.2 Å². The summed E-state index contributed by atoms with van der Waals surface area (Å²) in [6.45, 7) is 9.72. The van der Waals surface area contributed by atoms with E-state index in [-0.39, 0.29) is 10.5 Å². The number of aromatic amines is 1. The van der Waals surface area contributed by atoms with E-state index in [4.69, 9.17) is 0 Å². The molecule has 120 valence electrons. The second-order valence-corrected chi connectivity index (χ2v) is 6.70. The lowest BCUT2D eigenvalue weighted by Crippen LogP contribution is -2.34. The third-order valence-electron chi connectivity index (χ3n) is 3.52. The number of sulfonamides is 1. The zero-order chi connectivity index (χ0) is 15.9. The molecule has 0 spiro atoms. The predicted molar refractivity (Wildman–Crippen MR) is 83.9 cm³/mol. The van der Waals surface area contributed by atoms with Crippen molar-refractivity contribution in [1.29, 1.82) is 0 Å². The Morgan fingerprint density at radius 3 is 2.19 bits per heavy atom. The molecule has 0 aromatic carbocycles. The fourth-order valence-corrected chi connectivity index (χ4v) is 3.62. The molecule has 0 aliphatic heterocycles. The highest BCUT2D eigenvalue weighted by Gasteiger charge is 2.22. The van der Waals surface area contributed by atoms with Crippen molar-refractivity contribution in [3.05, 3.63) is 28.7 Å². The molecular formula is C14H25N3O3S. The van der Waals surface area contributed by atoms with Crippen molar-refractivity contribution >= 4 is 10.0 Å². The quantitative estimate of drug-likeness (QED) is 0.741. The first-order valence-electron chi connectivity index (χ1n) is 7.36. The molecule has 1 aromatic rings. The minimum atomic E-state index is -3.53. The third kappa shape index (κ3) is 4.94. The molecule has 0 amide bonds. The number of H-pyrrole nitrogens is 1. The van der Waals surface area contributed by atoms with Crippen molar-refractivity contribution < 1.29 is 8.42 Å². The van der Waals surface area contributed by atoms with Crippen LogP contribution >= 0.6 is 0 Å². The molecule has 1 heterocycles. The summed E-state index contributed by atoms with van der Waals surface area (Å²) in [5.74, 6) is 0. The number of hydrogen-bond acceptors (Lipinski definition) is 4. The summed E-state index contributed by atoms with van der Waals surface area (Å²) in [6, 6.07) is 2.58. The normalized spacial score (nSPS) is 12.2. The summed E-state index contributed by atoms with van der Waals surface area (Å²) in [5, 5.41) is 0. The average molecular weight is 315 g/mol. The van der Waals surface area contributed by atoms with Crippen LogP contribution in [-0.4, -0.2) is 55.3 Å². The van der Waals surface area contributed by atoms with Gasteiger partial charge in [-0.15, -0.1) is 0 Å². The fourth-order valence-electron chi connectivity index (χ4n) is 2.16. The molecule has 0 aliphatic rings. The average Bonchev–Trinajstić information content (AvgIpc) is 2.48. The minimum absolute atomic E-state index is 0.131. The molecule has 1 aromatic heterocycles. The first-order chi connectivity index (χ1) is 9.95. The van der Waals surface area contributed by atoms with Gasteiger partial charge in [0, 0.05) is 25.4 Å². The SMILES string of the molecule is CCN(CC)CCCN(CC)S(=O)(=O)c1ccc(=O)[nH]c1. The molecule has 0 aliphatic carbocycles. The van der Waals surface area contributed by atoms with Gasteiger partial charge in [0.15, 0.2) is 0 Å². The zero-order valence-electron chi connectivity index (χ0n) is 13.0. The molecule has 0 radical (unpaired) electrons. The van der Waals surface area contributed by atoms with Crippen molar-refractivity contribution in [2.24, 2.45) is 0 Å². The number of aromatic nitrogens is 1. The Morgan fingerprint density at radius 2 is 1.71 bits per heavy atom. The van der Waals surface area contributed by atoms with E-state index in [1.807, 2.05) is 6.92 Å². The molecule has 0 saturated heterocycles. The Labute approximate surface area is 126 Å². The van der Waals surface area contributed by atoms with E-state index < -0.39 is 10.0 Å². The van der Waals surface area contributed by atoms with Crippen LogP contribution in [0.25, 0.3) is 0 Å². The highest BCUT2D eigenvalue weighted by Crippen LogP contribution is 2.13. The Hall–Kier alpha value is -1.18. The van der Waals surface area contributed by atoms with E-state index in [1.165, 1.54) is 22.6 Å². The van der Waals surface area contributed by atoms with E-state index in [9.17, 15) is 13.2 Å². The summed E-state index contributed by atoms with van der Waals surface area (Å²) in [5.41, 5.74) is -0.307. The van der Waals surface area contributed by atoms with Crippen LogP contribution in [0.15, 0.2) is 28.0 Å². The highest BCUT2D eigenvalue weighted by atomic mass is 32.2.